The number of hydrogen-bond acceptors (Lipinski definition) is 3. The summed E-state index contributed by atoms with van der Waals surface area (Å²) < 4.78 is 0. The highest BCUT2D eigenvalue weighted by Gasteiger charge is 2.42. The Morgan fingerprint density at radius 3 is 2.83 bits per heavy atom. The minimum absolute atomic E-state index is 0.506. The lowest BCUT2D eigenvalue weighted by Crippen LogP contribution is -2.48. The molecule has 5 heteroatoms. The van der Waals surface area contributed by atoms with Crippen molar-refractivity contribution in [3.63, 3.8) is 0 Å². The van der Waals surface area contributed by atoms with E-state index in [-0.39, 0.29) is 0 Å². The molecule has 1 saturated heterocycles. The summed E-state index contributed by atoms with van der Waals surface area (Å²) in [6.07, 6.45) is 5.67. The molecule has 0 saturated carbocycles. The van der Waals surface area contributed by atoms with E-state index in [0.29, 0.717) is 24.4 Å². The van der Waals surface area contributed by atoms with Crippen LogP contribution in [0.2, 0.25) is 5.02 Å². The summed E-state index contributed by atoms with van der Waals surface area (Å²) in [5.41, 5.74) is 1.33. The van der Waals surface area contributed by atoms with Gasteiger partial charge in [0.15, 0.2) is 0 Å². The van der Waals surface area contributed by atoms with Crippen LogP contribution in [0.15, 0.2) is 48.8 Å². The first-order valence-electron chi connectivity index (χ1n) is 8.16. The lowest BCUT2D eigenvalue weighted by atomic mass is 9.75. The number of pyridine rings is 1. The third-order valence-corrected chi connectivity index (χ3v) is 4.91. The Hall–Kier alpha value is -1.91. The standard InChI is InChI=1S/C19H21ClN2O2/c20-17-6-1-4-15(10-17)11-19(18(23)24)7-3-9-22(14-19)13-16-5-2-8-21-12-16/h1-2,4-6,8,10,12H,3,7,9,11,13-14H2,(H,23,24)/t19-/m1/s1. The van der Waals surface area contributed by atoms with Gasteiger partial charge in [0.25, 0.3) is 0 Å². The number of aromatic nitrogens is 1. The smallest absolute Gasteiger partial charge is 0.311 e. The molecule has 1 atom stereocenters. The third kappa shape index (κ3) is 3.94. The molecule has 1 aliphatic heterocycles. The average Bonchev–Trinajstić information content (AvgIpc) is 2.56. The second-order valence-corrected chi connectivity index (χ2v) is 7.00. The van der Waals surface area contributed by atoms with Crippen molar-refractivity contribution in [1.82, 2.24) is 9.88 Å². The summed E-state index contributed by atoms with van der Waals surface area (Å²) in [7, 11) is 0. The number of piperidine rings is 1. The van der Waals surface area contributed by atoms with E-state index in [0.717, 1.165) is 30.6 Å². The zero-order chi connectivity index (χ0) is 17.0. The summed E-state index contributed by atoms with van der Waals surface area (Å²) in [6.45, 7) is 2.20. The van der Waals surface area contributed by atoms with Crippen molar-refractivity contribution in [3.05, 3.63) is 64.9 Å². The van der Waals surface area contributed by atoms with Gasteiger partial charge in [-0.25, -0.2) is 0 Å². The monoisotopic (exact) mass is 344 g/mol. The van der Waals surface area contributed by atoms with Gasteiger partial charge < -0.3 is 5.11 Å². The highest BCUT2D eigenvalue weighted by atomic mass is 35.5. The summed E-state index contributed by atoms with van der Waals surface area (Å²) in [6, 6.07) is 11.5. The molecule has 0 spiro atoms. The molecule has 1 N–H and O–H groups in total. The maximum absolute atomic E-state index is 12.1. The summed E-state index contributed by atoms with van der Waals surface area (Å²) in [5.74, 6) is -0.724. The fourth-order valence-electron chi connectivity index (χ4n) is 3.54. The third-order valence-electron chi connectivity index (χ3n) is 4.67. The Morgan fingerprint density at radius 1 is 1.29 bits per heavy atom. The van der Waals surface area contributed by atoms with Gasteiger partial charge in [0.2, 0.25) is 0 Å². The molecular weight excluding hydrogens is 324 g/mol. The Balaban J connectivity index is 1.77. The lowest BCUT2D eigenvalue weighted by Gasteiger charge is -2.40. The van der Waals surface area contributed by atoms with Crippen LogP contribution in [0.4, 0.5) is 0 Å². The SMILES string of the molecule is O=C(O)[C@@]1(Cc2cccc(Cl)c2)CCCN(Cc2cccnc2)C1. The first-order valence-corrected chi connectivity index (χ1v) is 8.54. The molecule has 3 rings (SSSR count). The predicted octanol–water partition coefficient (Wildman–Crippen LogP) is 3.64. The number of carbonyl (C=O) groups is 1. The van der Waals surface area contributed by atoms with Crippen LogP contribution >= 0.6 is 11.6 Å². The Bertz CT molecular complexity index is 708. The quantitative estimate of drug-likeness (QED) is 0.899. The van der Waals surface area contributed by atoms with E-state index in [1.54, 1.807) is 6.20 Å². The largest absolute Gasteiger partial charge is 0.481 e. The molecule has 4 nitrogen and oxygen atoms in total. The fourth-order valence-corrected chi connectivity index (χ4v) is 3.76. The van der Waals surface area contributed by atoms with Gasteiger partial charge in [0.1, 0.15) is 0 Å². The van der Waals surface area contributed by atoms with Crippen LogP contribution in [0.3, 0.4) is 0 Å². The molecule has 0 aliphatic carbocycles. The molecule has 1 aromatic carbocycles. The van der Waals surface area contributed by atoms with Crippen LogP contribution in [0.5, 0.6) is 0 Å². The summed E-state index contributed by atoms with van der Waals surface area (Å²) >= 11 is 6.06. The van der Waals surface area contributed by atoms with E-state index in [1.165, 1.54) is 0 Å². The van der Waals surface area contributed by atoms with E-state index < -0.39 is 11.4 Å². The normalized spacial score (nSPS) is 21.5. The minimum atomic E-state index is -0.759. The number of hydrogen-bond donors (Lipinski definition) is 1. The van der Waals surface area contributed by atoms with Crippen molar-refractivity contribution in [1.29, 1.82) is 0 Å². The van der Waals surface area contributed by atoms with Gasteiger partial charge in [-0.1, -0.05) is 29.8 Å². The lowest BCUT2D eigenvalue weighted by molar-refractivity contribution is -0.152. The van der Waals surface area contributed by atoms with Crippen LogP contribution in [0, 0.1) is 5.41 Å². The molecule has 1 fully saturated rings. The second kappa shape index (κ2) is 7.32. The molecule has 0 radical (unpaired) electrons. The van der Waals surface area contributed by atoms with Crippen molar-refractivity contribution in [2.24, 2.45) is 5.41 Å². The molecule has 1 aliphatic rings. The Kier molecular flexibility index (Phi) is 5.17. The van der Waals surface area contributed by atoms with Crippen molar-refractivity contribution in [3.8, 4) is 0 Å². The van der Waals surface area contributed by atoms with E-state index in [2.05, 4.69) is 9.88 Å². The first-order chi connectivity index (χ1) is 11.6. The van der Waals surface area contributed by atoms with Gasteiger partial charge in [-0.05, 0) is 55.1 Å². The van der Waals surface area contributed by atoms with Gasteiger partial charge in [-0.2, -0.15) is 0 Å². The minimum Gasteiger partial charge on any atom is -0.481 e. The van der Waals surface area contributed by atoms with Gasteiger partial charge in [0, 0.05) is 30.5 Å². The summed E-state index contributed by atoms with van der Waals surface area (Å²) in [4.78, 5) is 18.5. The van der Waals surface area contributed by atoms with Crippen molar-refractivity contribution < 1.29 is 9.90 Å². The van der Waals surface area contributed by atoms with Crippen LogP contribution in [0.1, 0.15) is 24.0 Å². The molecule has 24 heavy (non-hydrogen) atoms. The van der Waals surface area contributed by atoms with Crippen LogP contribution in [-0.4, -0.2) is 34.0 Å². The number of nitrogens with zero attached hydrogens (tertiary/aromatic N) is 2. The van der Waals surface area contributed by atoms with Crippen molar-refractivity contribution in [2.45, 2.75) is 25.8 Å². The van der Waals surface area contributed by atoms with Crippen LogP contribution in [-0.2, 0) is 17.8 Å². The maximum atomic E-state index is 12.1. The molecular formula is C19H21ClN2O2. The molecule has 0 amide bonds. The number of benzene rings is 1. The van der Waals surface area contributed by atoms with E-state index >= 15 is 0 Å². The highest BCUT2D eigenvalue weighted by Crippen LogP contribution is 2.35. The van der Waals surface area contributed by atoms with Gasteiger partial charge in [-0.3, -0.25) is 14.7 Å². The van der Waals surface area contributed by atoms with E-state index in [9.17, 15) is 9.90 Å². The number of likely N-dealkylation sites (tertiary alicyclic amines) is 1. The molecule has 2 heterocycles. The molecule has 0 bridgehead atoms. The number of carboxylic acid groups (broad SMARTS) is 1. The first kappa shape index (κ1) is 16.9. The fraction of sp³-hybridized carbons (Fsp3) is 0.368. The molecule has 1 aromatic heterocycles. The number of aliphatic carboxylic acids is 1. The zero-order valence-corrected chi connectivity index (χ0v) is 14.2. The second-order valence-electron chi connectivity index (χ2n) is 6.57. The molecule has 2 aromatic rings. The number of rotatable bonds is 5. The van der Waals surface area contributed by atoms with E-state index in [1.807, 2.05) is 42.6 Å². The summed E-state index contributed by atoms with van der Waals surface area (Å²) in [5, 5.41) is 10.6. The van der Waals surface area contributed by atoms with Gasteiger partial charge >= 0.3 is 5.97 Å². The Morgan fingerprint density at radius 2 is 2.12 bits per heavy atom. The van der Waals surface area contributed by atoms with Gasteiger partial charge in [0.05, 0.1) is 5.41 Å². The highest BCUT2D eigenvalue weighted by molar-refractivity contribution is 6.30. The average molecular weight is 345 g/mol. The zero-order valence-electron chi connectivity index (χ0n) is 13.5. The number of halogens is 1. The van der Waals surface area contributed by atoms with Crippen LogP contribution in [0.25, 0.3) is 0 Å². The van der Waals surface area contributed by atoms with Crippen LogP contribution < -0.4 is 0 Å². The predicted molar refractivity (Wildman–Crippen MR) is 94.0 cm³/mol. The molecule has 0 unspecified atom stereocenters. The number of carboxylic acids is 1. The van der Waals surface area contributed by atoms with Gasteiger partial charge in [-0.15, -0.1) is 0 Å². The Labute approximate surface area is 147 Å². The maximum Gasteiger partial charge on any atom is 0.311 e. The van der Waals surface area contributed by atoms with Crippen molar-refractivity contribution >= 4 is 17.6 Å². The van der Waals surface area contributed by atoms with E-state index in [4.69, 9.17) is 11.6 Å². The molecule has 126 valence electrons. The van der Waals surface area contributed by atoms with Crippen molar-refractivity contribution in [2.75, 3.05) is 13.1 Å². The topological polar surface area (TPSA) is 53.4 Å².